The van der Waals surface area contributed by atoms with E-state index in [1.165, 1.54) is 23.9 Å². The molecule has 0 radical (unpaired) electrons. The first kappa shape index (κ1) is 18.0. The van der Waals surface area contributed by atoms with Gasteiger partial charge >= 0.3 is 5.97 Å². The highest BCUT2D eigenvalue weighted by molar-refractivity contribution is 9.10. The number of carbonyl (C=O) groups is 1. The van der Waals surface area contributed by atoms with Gasteiger partial charge in [-0.05, 0) is 39.0 Å². The number of nitrogen functional groups attached to an aromatic ring is 1. The highest BCUT2D eigenvalue weighted by Gasteiger charge is 2.26. The van der Waals surface area contributed by atoms with Crippen molar-refractivity contribution in [1.29, 1.82) is 5.26 Å². The first-order valence-electron chi connectivity index (χ1n) is 7.11. The fourth-order valence-electron chi connectivity index (χ4n) is 2.32. The van der Waals surface area contributed by atoms with E-state index in [1.54, 1.807) is 6.07 Å². The summed E-state index contributed by atoms with van der Waals surface area (Å²) >= 11 is 3.35. The van der Waals surface area contributed by atoms with Crippen LogP contribution in [-0.2, 0) is 10.2 Å². The molecule has 5 nitrogen and oxygen atoms in total. The molecule has 126 valence electrons. The third kappa shape index (κ3) is 3.02. The minimum atomic E-state index is -0.750. The van der Waals surface area contributed by atoms with Gasteiger partial charge in [-0.1, -0.05) is 20.8 Å². The van der Waals surface area contributed by atoms with E-state index in [4.69, 9.17) is 15.7 Å². The van der Waals surface area contributed by atoms with Crippen molar-refractivity contribution in [1.82, 2.24) is 4.57 Å². The molecule has 7 heteroatoms. The van der Waals surface area contributed by atoms with E-state index in [1.807, 2.05) is 26.8 Å². The van der Waals surface area contributed by atoms with Crippen molar-refractivity contribution >= 4 is 27.6 Å². The van der Waals surface area contributed by atoms with Gasteiger partial charge in [0.15, 0.2) is 5.69 Å². The zero-order valence-corrected chi connectivity index (χ0v) is 15.4. The molecule has 1 aromatic heterocycles. The number of anilines is 1. The monoisotopic (exact) mass is 393 g/mol. The smallest absolute Gasteiger partial charge is 0.357 e. The number of halogens is 2. The maximum atomic E-state index is 14.8. The summed E-state index contributed by atoms with van der Waals surface area (Å²) in [5.41, 5.74) is 6.42. The van der Waals surface area contributed by atoms with Crippen LogP contribution in [0.4, 0.5) is 10.1 Å². The lowest BCUT2D eigenvalue weighted by atomic mass is 9.87. The van der Waals surface area contributed by atoms with Crippen molar-refractivity contribution in [3.8, 4) is 11.8 Å². The van der Waals surface area contributed by atoms with Gasteiger partial charge in [0.2, 0.25) is 0 Å². The van der Waals surface area contributed by atoms with E-state index in [0.29, 0.717) is 4.47 Å². The highest BCUT2D eigenvalue weighted by Crippen LogP contribution is 2.34. The Bertz CT molecular complexity index is 837. The minimum absolute atomic E-state index is 0.0458. The highest BCUT2D eigenvalue weighted by atomic mass is 79.9. The fourth-order valence-corrected chi connectivity index (χ4v) is 2.95. The van der Waals surface area contributed by atoms with Gasteiger partial charge < -0.3 is 15.0 Å². The predicted molar refractivity (Wildman–Crippen MR) is 92.6 cm³/mol. The van der Waals surface area contributed by atoms with E-state index in [9.17, 15) is 9.18 Å². The van der Waals surface area contributed by atoms with Crippen LogP contribution in [-0.4, -0.2) is 17.6 Å². The lowest BCUT2D eigenvalue weighted by Crippen LogP contribution is -2.15. The number of ether oxygens (including phenoxy) is 1. The molecule has 0 aliphatic rings. The Morgan fingerprint density at radius 1 is 1.42 bits per heavy atom. The van der Waals surface area contributed by atoms with Crippen LogP contribution < -0.4 is 5.73 Å². The van der Waals surface area contributed by atoms with Crippen LogP contribution in [0.5, 0.6) is 0 Å². The SMILES string of the molecule is COC(=O)c1c(N)c(C#N)cn1-c1c(F)cc(C(C)(C)C)cc1Br. The summed E-state index contributed by atoms with van der Waals surface area (Å²) in [5, 5.41) is 9.15. The Balaban J connectivity index is 2.79. The number of esters is 1. The quantitative estimate of drug-likeness (QED) is 0.783. The molecule has 0 spiro atoms. The molecule has 0 bridgehead atoms. The Morgan fingerprint density at radius 2 is 2.04 bits per heavy atom. The third-order valence-corrected chi connectivity index (χ3v) is 4.27. The number of nitrogens with zero attached hydrogens (tertiary/aromatic N) is 2. The van der Waals surface area contributed by atoms with Crippen molar-refractivity contribution in [2.75, 3.05) is 12.8 Å². The molecule has 0 saturated heterocycles. The number of benzene rings is 1. The summed E-state index contributed by atoms with van der Waals surface area (Å²) in [5.74, 6) is -1.29. The maximum Gasteiger partial charge on any atom is 0.357 e. The number of carbonyl (C=O) groups excluding carboxylic acids is 1. The fraction of sp³-hybridized carbons (Fsp3) is 0.294. The molecule has 2 N–H and O–H groups in total. The van der Waals surface area contributed by atoms with Gasteiger partial charge in [0.25, 0.3) is 0 Å². The minimum Gasteiger partial charge on any atom is -0.464 e. The van der Waals surface area contributed by atoms with Crippen LogP contribution >= 0.6 is 15.9 Å². The first-order valence-corrected chi connectivity index (χ1v) is 7.90. The number of nitriles is 1. The van der Waals surface area contributed by atoms with Gasteiger partial charge in [-0.15, -0.1) is 0 Å². The molecule has 2 aromatic rings. The summed E-state index contributed by atoms with van der Waals surface area (Å²) < 4.78 is 21.2. The summed E-state index contributed by atoms with van der Waals surface area (Å²) in [6.07, 6.45) is 1.32. The predicted octanol–water partition coefficient (Wildman–Crippen LogP) is 3.92. The van der Waals surface area contributed by atoms with E-state index >= 15 is 0 Å². The number of hydrogen-bond acceptors (Lipinski definition) is 4. The number of methoxy groups -OCH3 is 1. The number of nitrogens with two attached hydrogens (primary N) is 1. The number of aromatic nitrogens is 1. The van der Waals surface area contributed by atoms with Crippen LogP contribution in [0.1, 0.15) is 42.4 Å². The molecule has 0 aliphatic heterocycles. The average Bonchev–Trinajstić information content (AvgIpc) is 2.81. The van der Waals surface area contributed by atoms with Gasteiger partial charge in [0.1, 0.15) is 11.9 Å². The summed E-state index contributed by atoms with van der Waals surface area (Å²) in [7, 11) is 1.19. The van der Waals surface area contributed by atoms with Gasteiger partial charge in [-0.3, -0.25) is 0 Å². The van der Waals surface area contributed by atoms with Crippen LogP contribution in [0.2, 0.25) is 0 Å². The lowest BCUT2D eigenvalue weighted by Gasteiger charge is -2.21. The maximum absolute atomic E-state index is 14.8. The molecule has 0 fully saturated rings. The van der Waals surface area contributed by atoms with Crippen LogP contribution in [0, 0.1) is 17.1 Å². The van der Waals surface area contributed by atoms with Crippen LogP contribution in [0.25, 0.3) is 5.69 Å². The van der Waals surface area contributed by atoms with Gasteiger partial charge in [-0.25, -0.2) is 9.18 Å². The zero-order valence-electron chi connectivity index (χ0n) is 13.8. The largest absolute Gasteiger partial charge is 0.464 e. The zero-order chi connectivity index (χ0) is 18.2. The molecular formula is C17H17BrFN3O2. The van der Waals surface area contributed by atoms with E-state index in [0.717, 1.165) is 5.56 Å². The van der Waals surface area contributed by atoms with Crippen LogP contribution in [0.3, 0.4) is 0 Å². The third-order valence-electron chi connectivity index (χ3n) is 3.67. The molecule has 24 heavy (non-hydrogen) atoms. The molecule has 0 amide bonds. The van der Waals surface area contributed by atoms with Crippen molar-refractivity contribution in [2.24, 2.45) is 0 Å². The summed E-state index contributed by atoms with van der Waals surface area (Å²) in [4.78, 5) is 12.0. The second-order valence-electron chi connectivity index (χ2n) is 6.32. The topological polar surface area (TPSA) is 81.0 Å². The van der Waals surface area contributed by atoms with Crippen molar-refractivity contribution in [3.63, 3.8) is 0 Å². The summed E-state index contributed by atoms with van der Waals surface area (Å²) in [6, 6.07) is 5.07. The molecule has 0 unspecified atom stereocenters. The molecule has 1 heterocycles. The molecule has 0 aliphatic carbocycles. The average molecular weight is 394 g/mol. The van der Waals surface area contributed by atoms with Gasteiger partial charge in [0.05, 0.1) is 24.0 Å². The Hall–Kier alpha value is -2.33. The number of hydrogen-bond donors (Lipinski definition) is 1. The van der Waals surface area contributed by atoms with Crippen molar-refractivity contribution in [3.05, 3.63) is 45.4 Å². The Labute approximate surface area is 148 Å². The van der Waals surface area contributed by atoms with E-state index in [2.05, 4.69) is 15.9 Å². The first-order chi connectivity index (χ1) is 11.1. The van der Waals surface area contributed by atoms with Gasteiger partial charge in [-0.2, -0.15) is 5.26 Å². The Morgan fingerprint density at radius 3 is 2.50 bits per heavy atom. The second kappa shape index (κ2) is 6.29. The van der Waals surface area contributed by atoms with Gasteiger partial charge in [0, 0.05) is 10.7 Å². The van der Waals surface area contributed by atoms with Crippen LogP contribution in [0.15, 0.2) is 22.8 Å². The van der Waals surface area contributed by atoms with E-state index < -0.39 is 11.8 Å². The molecule has 0 saturated carbocycles. The normalized spacial score (nSPS) is 11.2. The van der Waals surface area contributed by atoms with E-state index in [-0.39, 0.29) is 28.0 Å². The standard InChI is InChI=1S/C17H17BrFN3O2/c1-17(2,3)10-5-11(18)14(12(19)6-10)22-8-9(7-20)13(21)15(22)16(23)24-4/h5-6,8H,21H2,1-4H3. The summed E-state index contributed by atoms with van der Waals surface area (Å²) in [6.45, 7) is 5.90. The molecular weight excluding hydrogens is 377 g/mol. The number of rotatable bonds is 2. The molecule has 0 atom stereocenters. The molecule has 2 rings (SSSR count). The lowest BCUT2D eigenvalue weighted by molar-refractivity contribution is 0.0593. The van der Waals surface area contributed by atoms with Crippen molar-refractivity contribution in [2.45, 2.75) is 26.2 Å². The molecule has 1 aromatic carbocycles. The van der Waals surface area contributed by atoms with Crippen molar-refractivity contribution < 1.29 is 13.9 Å². The Kier molecular flexibility index (Phi) is 4.72. The second-order valence-corrected chi connectivity index (χ2v) is 7.17.